The Labute approximate surface area is 214 Å². The van der Waals surface area contributed by atoms with Crippen molar-refractivity contribution in [1.29, 1.82) is 0 Å². The minimum atomic E-state index is 0.995. The van der Waals surface area contributed by atoms with E-state index in [2.05, 4.69) is 126 Å². The fourth-order valence-electron chi connectivity index (χ4n) is 6.19. The van der Waals surface area contributed by atoms with Crippen LogP contribution in [-0.2, 0) is 0 Å². The van der Waals surface area contributed by atoms with Gasteiger partial charge in [0.15, 0.2) is 0 Å². The number of imidazole rings is 1. The maximum Gasteiger partial charge on any atom is 0.146 e. The quantitative estimate of drug-likeness (QED) is 0.229. The van der Waals surface area contributed by atoms with Crippen molar-refractivity contribution in [1.82, 2.24) is 9.55 Å². The first-order chi connectivity index (χ1) is 18.4. The fraction of sp³-hybridized carbons (Fsp3) is 0.0571. The van der Waals surface area contributed by atoms with Crippen LogP contribution in [0.5, 0.6) is 0 Å². The zero-order valence-electron chi connectivity index (χ0n) is 20.4. The van der Waals surface area contributed by atoms with Gasteiger partial charge in [-0.2, -0.15) is 0 Å². The molecule has 0 bridgehead atoms. The number of allylic oxidation sites excluding steroid dienone is 4. The highest BCUT2D eigenvalue weighted by Gasteiger charge is 2.20. The average Bonchev–Trinajstić information content (AvgIpc) is 3.36. The van der Waals surface area contributed by atoms with E-state index in [-0.39, 0.29) is 0 Å². The predicted molar refractivity (Wildman–Crippen MR) is 158 cm³/mol. The third kappa shape index (κ3) is 2.96. The van der Waals surface area contributed by atoms with Crippen LogP contribution in [0.1, 0.15) is 12.8 Å². The SMILES string of the molecule is C1=CC(n2c(-c3cc4c5ccccc5c5ccccc5c4c4ccccc34)nc3ccccc32)=CCC1. The van der Waals surface area contributed by atoms with Crippen molar-refractivity contribution in [3.8, 4) is 11.4 Å². The molecule has 0 N–H and O–H groups in total. The van der Waals surface area contributed by atoms with Crippen LogP contribution in [0.2, 0.25) is 0 Å². The maximum absolute atomic E-state index is 5.25. The minimum Gasteiger partial charge on any atom is -0.293 e. The van der Waals surface area contributed by atoms with Crippen molar-refractivity contribution >= 4 is 59.8 Å². The summed E-state index contributed by atoms with van der Waals surface area (Å²) in [5, 5.41) is 10.2. The second kappa shape index (κ2) is 7.91. The van der Waals surface area contributed by atoms with Gasteiger partial charge >= 0.3 is 0 Å². The Kier molecular flexibility index (Phi) is 4.38. The van der Waals surface area contributed by atoms with E-state index in [0.717, 1.165) is 29.7 Å². The van der Waals surface area contributed by atoms with Crippen LogP contribution < -0.4 is 0 Å². The van der Waals surface area contributed by atoms with E-state index in [0.29, 0.717) is 0 Å². The Morgan fingerprint density at radius 2 is 1.16 bits per heavy atom. The Bertz CT molecular complexity index is 2090. The molecule has 8 rings (SSSR count). The lowest BCUT2D eigenvalue weighted by atomic mass is 9.89. The smallest absolute Gasteiger partial charge is 0.146 e. The van der Waals surface area contributed by atoms with Gasteiger partial charge in [0.25, 0.3) is 0 Å². The van der Waals surface area contributed by atoms with Crippen LogP contribution in [0, 0.1) is 0 Å². The number of rotatable bonds is 2. The highest BCUT2D eigenvalue weighted by atomic mass is 15.1. The molecule has 7 aromatic rings. The average molecular weight is 473 g/mol. The van der Waals surface area contributed by atoms with Gasteiger partial charge in [-0.3, -0.25) is 4.57 Å². The summed E-state index contributed by atoms with van der Waals surface area (Å²) in [5.41, 5.74) is 4.52. The first-order valence-electron chi connectivity index (χ1n) is 13.0. The van der Waals surface area contributed by atoms with Gasteiger partial charge in [0, 0.05) is 11.3 Å². The predicted octanol–water partition coefficient (Wildman–Crippen LogP) is 9.51. The van der Waals surface area contributed by atoms with Crippen LogP contribution >= 0.6 is 0 Å². The number of fused-ring (bicyclic) bond motifs is 9. The third-order valence-corrected chi connectivity index (χ3v) is 7.78. The summed E-state index contributed by atoms with van der Waals surface area (Å²) < 4.78 is 2.35. The number of benzene rings is 6. The van der Waals surface area contributed by atoms with E-state index >= 15 is 0 Å². The molecule has 0 fully saturated rings. The third-order valence-electron chi connectivity index (χ3n) is 7.78. The molecule has 1 aliphatic carbocycles. The van der Waals surface area contributed by atoms with Gasteiger partial charge in [0.1, 0.15) is 5.82 Å². The van der Waals surface area contributed by atoms with Gasteiger partial charge < -0.3 is 0 Å². The number of hydrogen-bond acceptors (Lipinski definition) is 1. The molecule has 0 aliphatic heterocycles. The number of nitrogens with zero attached hydrogens (tertiary/aromatic N) is 2. The summed E-state index contributed by atoms with van der Waals surface area (Å²) in [6.45, 7) is 0. The van der Waals surface area contributed by atoms with Crippen molar-refractivity contribution in [2.75, 3.05) is 0 Å². The molecule has 0 saturated carbocycles. The van der Waals surface area contributed by atoms with E-state index in [1.165, 1.54) is 54.4 Å². The van der Waals surface area contributed by atoms with Gasteiger partial charge in [-0.1, -0.05) is 97.1 Å². The lowest BCUT2D eigenvalue weighted by molar-refractivity contribution is 1.01. The summed E-state index contributed by atoms with van der Waals surface area (Å²) in [7, 11) is 0. The first kappa shape index (κ1) is 20.5. The molecule has 0 saturated heterocycles. The van der Waals surface area contributed by atoms with Crippen molar-refractivity contribution in [3.63, 3.8) is 0 Å². The molecule has 0 radical (unpaired) electrons. The molecule has 1 aliphatic rings. The molecule has 0 unspecified atom stereocenters. The lowest BCUT2D eigenvalue weighted by Gasteiger charge is -2.17. The summed E-state index contributed by atoms with van der Waals surface area (Å²) in [4.78, 5) is 5.25. The molecule has 1 aromatic heterocycles. The van der Waals surface area contributed by atoms with Crippen molar-refractivity contribution in [3.05, 3.63) is 121 Å². The highest BCUT2D eigenvalue weighted by Crippen LogP contribution is 2.43. The van der Waals surface area contributed by atoms with Gasteiger partial charge in [-0.05, 0) is 80.2 Å². The van der Waals surface area contributed by atoms with E-state index in [1.54, 1.807) is 0 Å². The van der Waals surface area contributed by atoms with Crippen LogP contribution in [0.25, 0.3) is 71.2 Å². The highest BCUT2D eigenvalue weighted by molar-refractivity contribution is 6.33. The fourth-order valence-corrected chi connectivity index (χ4v) is 6.19. The normalized spacial score (nSPS) is 13.8. The molecule has 37 heavy (non-hydrogen) atoms. The van der Waals surface area contributed by atoms with E-state index in [9.17, 15) is 0 Å². The Balaban J connectivity index is 1.59. The summed E-state index contributed by atoms with van der Waals surface area (Å²) in [5.74, 6) is 0.995. The minimum absolute atomic E-state index is 0.995. The molecule has 0 atom stereocenters. The van der Waals surface area contributed by atoms with Crippen molar-refractivity contribution in [2.24, 2.45) is 0 Å². The molecule has 2 heteroatoms. The summed E-state index contributed by atoms with van der Waals surface area (Å²) >= 11 is 0. The van der Waals surface area contributed by atoms with Gasteiger partial charge in [0.05, 0.1) is 11.0 Å². The lowest BCUT2D eigenvalue weighted by Crippen LogP contribution is -2.01. The van der Waals surface area contributed by atoms with Crippen molar-refractivity contribution in [2.45, 2.75) is 12.8 Å². The molecule has 0 amide bonds. The van der Waals surface area contributed by atoms with E-state index in [1.807, 2.05) is 0 Å². The molecule has 0 spiro atoms. The molecular weight excluding hydrogens is 448 g/mol. The largest absolute Gasteiger partial charge is 0.293 e. The van der Waals surface area contributed by atoms with Crippen molar-refractivity contribution < 1.29 is 0 Å². The molecular formula is C35H24N2. The van der Waals surface area contributed by atoms with Crippen LogP contribution in [0.3, 0.4) is 0 Å². The Hall–Kier alpha value is -4.69. The summed E-state index contributed by atoms with van der Waals surface area (Å²) in [6, 6.07) is 37.3. The van der Waals surface area contributed by atoms with Gasteiger partial charge in [0.2, 0.25) is 0 Å². The number of hydrogen-bond donors (Lipinski definition) is 0. The molecule has 2 nitrogen and oxygen atoms in total. The summed E-state index contributed by atoms with van der Waals surface area (Å²) in [6.07, 6.45) is 8.99. The maximum atomic E-state index is 5.25. The molecule has 1 heterocycles. The standard InChI is InChI=1S/C35H24N2/c1-2-12-23(13-3-1)37-33-21-11-10-20-32(33)36-35(37)31-22-30-26-16-5-4-14-24(26)25-15-6-8-18-28(25)34(30)29-19-9-7-17-27(29)31/h2,4-22H,1,3H2. The number of para-hydroxylation sites is 2. The zero-order valence-corrected chi connectivity index (χ0v) is 20.4. The second-order valence-electron chi connectivity index (χ2n) is 9.85. The van der Waals surface area contributed by atoms with E-state index in [4.69, 9.17) is 4.98 Å². The van der Waals surface area contributed by atoms with E-state index < -0.39 is 0 Å². The molecule has 6 aromatic carbocycles. The van der Waals surface area contributed by atoms with Gasteiger partial charge in [-0.25, -0.2) is 4.98 Å². The number of aromatic nitrogens is 2. The Morgan fingerprint density at radius 3 is 1.89 bits per heavy atom. The van der Waals surface area contributed by atoms with Gasteiger partial charge in [-0.15, -0.1) is 0 Å². The van der Waals surface area contributed by atoms with Crippen LogP contribution in [-0.4, -0.2) is 9.55 Å². The first-order valence-corrected chi connectivity index (χ1v) is 13.0. The Morgan fingerprint density at radius 1 is 0.568 bits per heavy atom. The van der Waals surface area contributed by atoms with Crippen LogP contribution in [0.4, 0.5) is 0 Å². The monoisotopic (exact) mass is 472 g/mol. The zero-order chi connectivity index (χ0) is 24.3. The second-order valence-corrected chi connectivity index (χ2v) is 9.85. The topological polar surface area (TPSA) is 17.8 Å². The van der Waals surface area contributed by atoms with Crippen LogP contribution in [0.15, 0.2) is 121 Å². The molecule has 174 valence electrons.